The van der Waals surface area contributed by atoms with Crippen molar-refractivity contribution in [2.75, 3.05) is 7.11 Å². The Bertz CT molecular complexity index is 554. The molecule has 0 radical (unpaired) electrons. The highest BCUT2D eigenvalue weighted by Crippen LogP contribution is 2.20. The highest BCUT2D eigenvalue weighted by Gasteiger charge is 2.20. The number of hydrogen-bond acceptors (Lipinski definition) is 4. The van der Waals surface area contributed by atoms with E-state index in [0.29, 0.717) is 12.0 Å². The average Bonchev–Trinajstić information content (AvgIpc) is 2.25. The molecule has 0 aromatic heterocycles. The minimum absolute atomic E-state index is 0.000394. The van der Waals surface area contributed by atoms with E-state index < -0.39 is 26.7 Å². The zero-order valence-electron chi connectivity index (χ0n) is 9.36. The predicted octanol–water partition coefficient (Wildman–Crippen LogP) is 0.822. The molecule has 0 fully saturated rings. The average molecular weight is 261 g/mol. The molecule has 17 heavy (non-hydrogen) atoms. The minimum Gasteiger partial charge on any atom is -0.465 e. The summed E-state index contributed by atoms with van der Waals surface area (Å²) >= 11 is 0. The van der Waals surface area contributed by atoms with Crippen LogP contribution in [0.2, 0.25) is 0 Å². The topological polar surface area (TPSA) is 86.5 Å². The maximum atomic E-state index is 13.5. The van der Waals surface area contributed by atoms with Crippen molar-refractivity contribution in [3.8, 4) is 0 Å². The lowest BCUT2D eigenvalue weighted by atomic mass is 10.1. The van der Waals surface area contributed by atoms with Crippen LogP contribution in [-0.4, -0.2) is 21.5 Å². The molecule has 0 aliphatic heterocycles. The van der Waals surface area contributed by atoms with Gasteiger partial charge in [-0.1, -0.05) is 6.92 Å². The largest absolute Gasteiger partial charge is 0.465 e. The number of primary sulfonamides is 1. The highest BCUT2D eigenvalue weighted by atomic mass is 32.2. The molecule has 0 aliphatic rings. The number of methoxy groups -OCH3 is 1. The summed E-state index contributed by atoms with van der Waals surface area (Å²) < 4.78 is 40.2. The number of aryl methyl sites for hydroxylation is 1. The van der Waals surface area contributed by atoms with Crippen LogP contribution >= 0.6 is 0 Å². The normalized spacial score (nSPS) is 11.3. The fourth-order valence-corrected chi connectivity index (χ4v) is 2.02. The molecule has 1 aromatic carbocycles. The molecule has 0 bridgehead atoms. The molecule has 0 heterocycles. The smallest absolute Gasteiger partial charge is 0.338 e. The molecule has 1 rings (SSSR count). The van der Waals surface area contributed by atoms with E-state index in [1.807, 2.05) is 0 Å². The molecule has 0 atom stereocenters. The van der Waals surface area contributed by atoms with E-state index in [-0.39, 0.29) is 5.56 Å². The Hall–Kier alpha value is -1.47. The van der Waals surface area contributed by atoms with Gasteiger partial charge in [0.25, 0.3) is 0 Å². The Labute approximate surface area is 98.4 Å². The minimum atomic E-state index is -4.21. The second-order valence-electron chi connectivity index (χ2n) is 3.33. The summed E-state index contributed by atoms with van der Waals surface area (Å²) in [5.41, 5.74) is 0.363. The van der Waals surface area contributed by atoms with Crippen LogP contribution in [0.15, 0.2) is 17.0 Å². The molecule has 0 amide bonds. The standard InChI is InChI=1S/C10H12FNO4S/c1-3-6-4-8(11)9(17(12,14)15)5-7(6)10(13)16-2/h4-5H,3H2,1-2H3,(H2,12,14,15). The summed E-state index contributed by atoms with van der Waals surface area (Å²) in [5.74, 6) is -1.70. The molecule has 0 unspecified atom stereocenters. The molecule has 2 N–H and O–H groups in total. The number of sulfonamides is 1. The van der Waals surface area contributed by atoms with Crippen LogP contribution in [0.3, 0.4) is 0 Å². The number of carbonyl (C=O) groups is 1. The van der Waals surface area contributed by atoms with E-state index in [1.54, 1.807) is 6.92 Å². The molecule has 7 heteroatoms. The van der Waals surface area contributed by atoms with Gasteiger partial charge in [-0.2, -0.15) is 0 Å². The third-order valence-corrected chi connectivity index (χ3v) is 3.18. The van der Waals surface area contributed by atoms with Crippen molar-refractivity contribution in [2.45, 2.75) is 18.2 Å². The van der Waals surface area contributed by atoms with Crippen molar-refractivity contribution >= 4 is 16.0 Å². The SMILES string of the molecule is CCc1cc(F)c(S(N)(=O)=O)cc1C(=O)OC. The molecule has 1 aromatic rings. The number of ether oxygens (including phenoxy) is 1. The Morgan fingerprint density at radius 2 is 2.06 bits per heavy atom. The van der Waals surface area contributed by atoms with Crippen molar-refractivity contribution in [1.82, 2.24) is 0 Å². The zero-order chi connectivity index (χ0) is 13.2. The van der Waals surface area contributed by atoms with Crippen molar-refractivity contribution in [1.29, 1.82) is 0 Å². The van der Waals surface area contributed by atoms with E-state index in [1.165, 1.54) is 0 Å². The Balaban J connectivity index is 3.54. The van der Waals surface area contributed by atoms with Crippen LogP contribution in [0.1, 0.15) is 22.8 Å². The van der Waals surface area contributed by atoms with E-state index in [4.69, 9.17) is 5.14 Å². The molecule has 0 aliphatic carbocycles. The first-order valence-electron chi connectivity index (χ1n) is 4.74. The quantitative estimate of drug-likeness (QED) is 0.816. The number of nitrogens with two attached hydrogens (primary N) is 1. The maximum Gasteiger partial charge on any atom is 0.338 e. The number of benzene rings is 1. The number of rotatable bonds is 3. The van der Waals surface area contributed by atoms with E-state index in [0.717, 1.165) is 19.2 Å². The first-order chi connectivity index (χ1) is 7.81. The van der Waals surface area contributed by atoms with E-state index in [2.05, 4.69) is 4.74 Å². The monoisotopic (exact) mass is 261 g/mol. The van der Waals surface area contributed by atoms with Gasteiger partial charge in [-0.15, -0.1) is 0 Å². The highest BCUT2D eigenvalue weighted by molar-refractivity contribution is 7.89. The lowest BCUT2D eigenvalue weighted by Gasteiger charge is -2.09. The number of halogens is 1. The third kappa shape index (κ3) is 2.80. The Kier molecular flexibility index (Phi) is 3.84. The van der Waals surface area contributed by atoms with Crippen molar-refractivity contribution in [3.63, 3.8) is 0 Å². The number of hydrogen-bond donors (Lipinski definition) is 1. The lowest BCUT2D eigenvalue weighted by molar-refractivity contribution is 0.0599. The van der Waals surface area contributed by atoms with Crippen LogP contribution in [0.4, 0.5) is 4.39 Å². The van der Waals surface area contributed by atoms with Crippen molar-refractivity contribution < 1.29 is 22.3 Å². The molecule has 0 saturated carbocycles. The number of carbonyl (C=O) groups excluding carboxylic acids is 1. The van der Waals surface area contributed by atoms with Crippen LogP contribution in [0.25, 0.3) is 0 Å². The summed E-state index contributed by atoms with van der Waals surface area (Å²) in [6, 6.07) is 1.88. The fraction of sp³-hybridized carbons (Fsp3) is 0.300. The second-order valence-corrected chi connectivity index (χ2v) is 4.86. The van der Waals surface area contributed by atoms with Gasteiger partial charge >= 0.3 is 5.97 Å². The number of esters is 1. The Morgan fingerprint density at radius 1 is 1.47 bits per heavy atom. The summed E-state index contributed by atoms with van der Waals surface area (Å²) in [6.45, 7) is 1.71. The summed E-state index contributed by atoms with van der Waals surface area (Å²) in [6.07, 6.45) is 0.367. The van der Waals surface area contributed by atoms with Crippen molar-refractivity contribution in [3.05, 3.63) is 29.1 Å². The zero-order valence-corrected chi connectivity index (χ0v) is 10.2. The first-order valence-corrected chi connectivity index (χ1v) is 6.29. The van der Waals surface area contributed by atoms with Gasteiger partial charge in [0, 0.05) is 0 Å². The van der Waals surface area contributed by atoms with Gasteiger partial charge in [0.2, 0.25) is 10.0 Å². The summed E-state index contributed by atoms with van der Waals surface area (Å²) in [5, 5.41) is 4.84. The molecule has 5 nitrogen and oxygen atoms in total. The molecule has 0 saturated heterocycles. The van der Waals surface area contributed by atoms with Crippen LogP contribution < -0.4 is 5.14 Å². The summed E-state index contributed by atoms with van der Waals surface area (Å²) in [7, 11) is -3.05. The Morgan fingerprint density at radius 3 is 2.47 bits per heavy atom. The van der Waals surface area contributed by atoms with Crippen molar-refractivity contribution in [2.24, 2.45) is 5.14 Å². The van der Waals surface area contributed by atoms with Crippen LogP contribution in [0.5, 0.6) is 0 Å². The second kappa shape index (κ2) is 4.80. The van der Waals surface area contributed by atoms with E-state index in [9.17, 15) is 17.6 Å². The third-order valence-electron chi connectivity index (χ3n) is 2.25. The predicted molar refractivity (Wildman–Crippen MR) is 58.5 cm³/mol. The fourth-order valence-electron chi connectivity index (χ4n) is 1.41. The summed E-state index contributed by atoms with van der Waals surface area (Å²) in [4.78, 5) is 10.7. The van der Waals surface area contributed by atoms with E-state index >= 15 is 0 Å². The van der Waals surface area contributed by atoms with Gasteiger partial charge in [0.15, 0.2) is 0 Å². The molecule has 94 valence electrons. The lowest BCUT2D eigenvalue weighted by Crippen LogP contribution is -2.16. The molecule has 0 spiro atoms. The van der Waals surface area contributed by atoms with Gasteiger partial charge in [0.05, 0.1) is 12.7 Å². The van der Waals surface area contributed by atoms with Gasteiger partial charge in [-0.25, -0.2) is 22.7 Å². The van der Waals surface area contributed by atoms with Crippen LogP contribution in [0, 0.1) is 5.82 Å². The van der Waals surface area contributed by atoms with Gasteiger partial charge < -0.3 is 4.74 Å². The molecular formula is C10H12FNO4S. The van der Waals surface area contributed by atoms with Gasteiger partial charge in [-0.3, -0.25) is 0 Å². The van der Waals surface area contributed by atoms with Crippen LogP contribution in [-0.2, 0) is 21.2 Å². The first kappa shape index (κ1) is 13.6. The molecular weight excluding hydrogens is 249 g/mol. The maximum absolute atomic E-state index is 13.5. The van der Waals surface area contributed by atoms with Gasteiger partial charge in [0.1, 0.15) is 10.7 Å². The van der Waals surface area contributed by atoms with Gasteiger partial charge in [-0.05, 0) is 24.1 Å².